The Labute approximate surface area is 206 Å². The molecule has 7 nitrogen and oxygen atoms in total. The van der Waals surface area contributed by atoms with E-state index in [1.165, 1.54) is 16.5 Å². The summed E-state index contributed by atoms with van der Waals surface area (Å²) in [6.07, 6.45) is 1.22. The molecule has 0 aliphatic carbocycles. The molecule has 1 atom stereocenters. The number of hydrogen-bond acceptors (Lipinski definition) is 5. The van der Waals surface area contributed by atoms with Crippen LogP contribution in [-0.2, 0) is 24.2 Å². The molecular weight excluding hydrogens is 470 g/mol. The molecule has 3 aromatic heterocycles. The molecule has 0 fully saturated rings. The molecule has 1 unspecified atom stereocenters. The summed E-state index contributed by atoms with van der Waals surface area (Å²) in [7, 11) is 0. The molecule has 1 amide bonds. The second-order valence-electron chi connectivity index (χ2n) is 8.71. The summed E-state index contributed by atoms with van der Waals surface area (Å²) in [5.41, 5.74) is 5.23. The fourth-order valence-corrected chi connectivity index (χ4v) is 5.74. The molecule has 0 radical (unpaired) electrons. The fraction of sp³-hybridized carbons (Fsp3) is 0.320. The van der Waals surface area contributed by atoms with E-state index in [9.17, 15) is 9.59 Å². The van der Waals surface area contributed by atoms with E-state index in [1.807, 2.05) is 49.4 Å². The van der Waals surface area contributed by atoms with Crippen LogP contribution in [0.2, 0.25) is 5.02 Å². The van der Waals surface area contributed by atoms with Crippen LogP contribution >= 0.6 is 22.9 Å². The van der Waals surface area contributed by atoms with Crippen molar-refractivity contribution in [2.24, 2.45) is 0 Å². The topological polar surface area (TPSA) is 82.5 Å². The SMILES string of the molecule is Cc1nc2cc(=O)[nH]n2c(C)c1CC(=O)NCC(c1ccc(Cl)cc1)N1CCc2sccc2C1. The number of nitrogens with zero attached hydrogens (tertiary/aromatic N) is 3. The first kappa shape index (κ1) is 22.8. The molecule has 1 aliphatic rings. The standard InChI is InChI=1S/C25H26ClN5O2S/c1-15-20(16(2)31-23(28-15)12-25(33)29-31)11-24(32)27-13-21(17-3-5-19(26)6-4-17)30-9-7-22-18(14-30)8-10-34-22/h3-6,8,10,12,21H,7,9,11,13-14H2,1-2H3,(H,27,32)(H,29,33). The molecule has 9 heteroatoms. The van der Waals surface area contributed by atoms with Gasteiger partial charge in [0.25, 0.3) is 5.56 Å². The maximum atomic E-state index is 13.0. The molecular formula is C25H26ClN5O2S. The van der Waals surface area contributed by atoms with Crippen LogP contribution in [-0.4, -0.2) is 38.5 Å². The lowest BCUT2D eigenvalue weighted by Gasteiger charge is -2.35. The smallest absolute Gasteiger partial charge is 0.266 e. The summed E-state index contributed by atoms with van der Waals surface area (Å²) in [6.45, 7) is 6.06. The third-order valence-corrected chi connectivity index (χ3v) is 7.84. The summed E-state index contributed by atoms with van der Waals surface area (Å²) in [4.78, 5) is 33.1. The molecule has 5 rings (SSSR count). The van der Waals surface area contributed by atoms with Gasteiger partial charge in [0.2, 0.25) is 5.91 Å². The van der Waals surface area contributed by atoms with Crippen LogP contribution in [0.5, 0.6) is 0 Å². The van der Waals surface area contributed by atoms with Crippen molar-refractivity contribution in [3.05, 3.63) is 90.1 Å². The Hall–Kier alpha value is -2.94. The minimum atomic E-state index is -0.210. The lowest BCUT2D eigenvalue weighted by atomic mass is 10.0. The van der Waals surface area contributed by atoms with Crippen LogP contribution in [0.15, 0.2) is 46.6 Å². The molecule has 4 aromatic rings. The quantitative estimate of drug-likeness (QED) is 0.426. The van der Waals surface area contributed by atoms with Crippen LogP contribution in [0.3, 0.4) is 0 Å². The Kier molecular flexibility index (Phi) is 6.29. The molecule has 1 aromatic carbocycles. The van der Waals surface area contributed by atoms with Gasteiger partial charge in [-0.2, -0.15) is 0 Å². The Morgan fingerprint density at radius 1 is 1.26 bits per heavy atom. The number of rotatable bonds is 6. The second kappa shape index (κ2) is 9.37. The second-order valence-corrected chi connectivity index (χ2v) is 10.1. The minimum Gasteiger partial charge on any atom is -0.354 e. The largest absolute Gasteiger partial charge is 0.354 e. The summed E-state index contributed by atoms with van der Waals surface area (Å²) in [5, 5.41) is 8.74. The van der Waals surface area contributed by atoms with E-state index in [4.69, 9.17) is 11.6 Å². The lowest BCUT2D eigenvalue weighted by molar-refractivity contribution is -0.120. The highest BCUT2D eigenvalue weighted by Gasteiger charge is 2.26. The lowest BCUT2D eigenvalue weighted by Crippen LogP contribution is -2.40. The highest BCUT2D eigenvalue weighted by Crippen LogP contribution is 2.30. The number of benzene rings is 1. The van der Waals surface area contributed by atoms with Gasteiger partial charge in [0.1, 0.15) is 0 Å². The maximum Gasteiger partial charge on any atom is 0.266 e. The zero-order valence-corrected chi connectivity index (χ0v) is 20.7. The van der Waals surface area contributed by atoms with Crippen LogP contribution < -0.4 is 10.9 Å². The number of thiophene rings is 1. The van der Waals surface area contributed by atoms with Crippen molar-refractivity contribution in [3.63, 3.8) is 0 Å². The molecule has 1 aliphatic heterocycles. The van der Waals surface area contributed by atoms with Crippen molar-refractivity contribution < 1.29 is 4.79 Å². The number of halogens is 1. The van der Waals surface area contributed by atoms with E-state index in [1.54, 1.807) is 4.52 Å². The van der Waals surface area contributed by atoms with Gasteiger partial charge in [0, 0.05) is 52.6 Å². The number of H-pyrrole nitrogens is 1. The van der Waals surface area contributed by atoms with E-state index in [-0.39, 0.29) is 23.9 Å². The van der Waals surface area contributed by atoms with E-state index in [2.05, 4.69) is 31.7 Å². The molecule has 176 valence electrons. The average Bonchev–Trinajstić information content (AvgIpc) is 3.43. The molecule has 0 spiro atoms. The number of aryl methyl sites for hydroxylation is 2. The molecule has 4 heterocycles. The van der Waals surface area contributed by atoms with Gasteiger partial charge < -0.3 is 5.32 Å². The predicted molar refractivity (Wildman–Crippen MR) is 135 cm³/mol. The number of aromatic amines is 1. The Morgan fingerprint density at radius 2 is 2.06 bits per heavy atom. The third kappa shape index (κ3) is 4.53. The van der Waals surface area contributed by atoms with Gasteiger partial charge in [0.05, 0.1) is 12.5 Å². The highest BCUT2D eigenvalue weighted by molar-refractivity contribution is 7.10. The van der Waals surface area contributed by atoms with E-state index in [0.717, 1.165) is 42.0 Å². The molecule has 0 bridgehead atoms. The van der Waals surface area contributed by atoms with Gasteiger partial charge in [-0.1, -0.05) is 23.7 Å². The Morgan fingerprint density at radius 3 is 2.85 bits per heavy atom. The number of hydrogen-bond donors (Lipinski definition) is 2. The highest BCUT2D eigenvalue weighted by atomic mass is 35.5. The number of nitrogens with one attached hydrogen (secondary N) is 2. The van der Waals surface area contributed by atoms with Crippen LogP contribution in [0.4, 0.5) is 0 Å². The van der Waals surface area contributed by atoms with Gasteiger partial charge >= 0.3 is 0 Å². The fourth-order valence-electron chi connectivity index (χ4n) is 4.72. The van der Waals surface area contributed by atoms with E-state index in [0.29, 0.717) is 17.2 Å². The van der Waals surface area contributed by atoms with Gasteiger partial charge in [0.15, 0.2) is 5.65 Å². The predicted octanol–water partition coefficient (Wildman–Crippen LogP) is 3.81. The van der Waals surface area contributed by atoms with Gasteiger partial charge in [-0.15, -0.1) is 11.3 Å². The van der Waals surface area contributed by atoms with Crippen molar-refractivity contribution in [2.75, 3.05) is 13.1 Å². The van der Waals surface area contributed by atoms with Crippen molar-refractivity contribution in [1.82, 2.24) is 24.8 Å². The van der Waals surface area contributed by atoms with Crippen LogP contribution in [0.25, 0.3) is 5.65 Å². The van der Waals surface area contributed by atoms with Gasteiger partial charge in [-0.25, -0.2) is 9.50 Å². The first-order chi connectivity index (χ1) is 16.4. The van der Waals surface area contributed by atoms with E-state index >= 15 is 0 Å². The van der Waals surface area contributed by atoms with Crippen molar-refractivity contribution in [2.45, 2.75) is 39.3 Å². The summed E-state index contributed by atoms with van der Waals surface area (Å²) >= 11 is 7.95. The normalized spacial score (nSPS) is 14.8. The number of aromatic nitrogens is 3. The Bertz CT molecular complexity index is 1410. The number of fused-ring (bicyclic) bond motifs is 2. The zero-order valence-electron chi connectivity index (χ0n) is 19.1. The molecule has 0 saturated carbocycles. The Balaban J connectivity index is 1.34. The van der Waals surface area contributed by atoms with Crippen molar-refractivity contribution in [1.29, 1.82) is 0 Å². The van der Waals surface area contributed by atoms with Crippen LogP contribution in [0.1, 0.15) is 39.0 Å². The summed E-state index contributed by atoms with van der Waals surface area (Å²) < 4.78 is 1.64. The average molecular weight is 496 g/mol. The molecule has 34 heavy (non-hydrogen) atoms. The summed E-state index contributed by atoms with van der Waals surface area (Å²) in [6, 6.07) is 11.6. The first-order valence-electron chi connectivity index (χ1n) is 11.3. The number of carbonyl (C=O) groups is 1. The minimum absolute atomic E-state index is 0.0397. The van der Waals surface area contributed by atoms with Crippen LogP contribution in [0, 0.1) is 13.8 Å². The zero-order chi connectivity index (χ0) is 23.8. The number of amides is 1. The third-order valence-electron chi connectivity index (χ3n) is 6.57. The van der Waals surface area contributed by atoms with E-state index < -0.39 is 0 Å². The van der Waals surface area contributed by atoms with Crippen molar-refractivity contribution >= 4 is 34.5 Å². The first-order valence-corrected chi connectivity index (χ1v) is 12.5. The number of carbonyl (C=O) groups excluding carboxylic acids is 1. The molecule has 0 saturated heterocycles. The maximum absolute atomic E-state index is 13.0. The summed E-state index contributed by atoms with van der Waals surface area (Å²) in [5.74, 6) is -0.0750. The van der Waals surface area contributed by atoms with Crippen molar-refractivity contribution in [3.8, 4) is 0 Å². The van der Waals surface area contributed by atoms with Gasteiger partial charge in [-0.3, -0.25) is 19.6 Å². The monoisotopic (exact) mass is 495 g/mol. The molecule has 2 N–H and O–H groups in total. The van der Waals surface area contributed by atoms with Gasteiger partial charge in [-0.05, 0) is 55.0 Å².